The summed E-state index contributed by atoms with van der Waals surface area (Å²) in [7, 11) is 0. The predicted molar refractivity (Wildman–Crippen MR) is 71.6 cm³/mol. The fourth-order valence-electron chi connectivity index (χ4n) is 1.91. The molecule has 0 spiro atoms. The maximum atomic E-state index is 11.4. The highest BCUT2D eigenvalue weighted by Crippen LogP contribution is 1.98. The molecule has 1 N–H and O–H groups in total. The Bertz CT molecular complexity index is 513. The first-order chi connectivity index (χ1) is 9.66. The van der Waals surface area contributed by atoms with Gasteiger partial charge in [-0.05, 0) is 0 Å². The Kier molecular flexibility index (Phi) is 4.86. The largest absolute Gasteiger partial charge is 0.619 e. The molecule has 0 aliphatic carbocycles. The topological polar surface area (TPSA) is 77.3 Å². The molecule has 0 aromatic carbocycles. The fourth-order valence-corrected chi connectivity index (χ4v) is 1.91. The van der Waals surface area contributed by atoms with Gasteiger partial charge in [-0.1, -0.05) is 12.1 Å². The second-order valence-electron chi connectivity index (χ2n) is 4.49. The molecular weight excluding hydrogens is 258 g/mol. The van der Waals surface area contributed by atoms with Gasteiger partial charge in [-0.25, -0.2) is 0 Å². The van der Waals surface area contributed by atoms with Crippen LogP contribution in [0.5, 0.6) is 0 Å². The molecule has 6 heteroatoms. The van der Waals surface area contributed by atoms with Crippen molar-refractivity contribution in [1.29, 1.82) is 0 Å². The first-order valence-electron chi connectivity index (χ1n) is 6.45. The number of hydrogen-bond acceptors (Lipinski definition) is 4. The Hall–Kier alpha value is -2.18. The van der Waals surface area contributed by atoms with Gasteiger partial charge in [0.2, 0.25) is 0 Å². The summed E-state index contributed by atoms with van der Waals surface area (Å²) in [6.07, 6.45) is 3.77. The number of nitrogens with zero attached hydrogens (tertiary/aromatic N) is 3. The molecule has 0 saturated heterocycles. The molecule has 20 heavy (non-hydrogen) atoms. The van der Waals surface area contributed by atoms with Gasteiger partial charge >= 0.3 is 0 Å². The van der Waals surface area contributed by atoms with Crippen LogP contribution in [0.1, 0.15) is 11.4 Å². The number of hydrogen-bond donors (Lipinski definition) is 1. The fraction of sp³-hybridized carbons (Fsp3) is 0.286. The molecule has 0 unspecified atom stereocenters. The number of hydroxylamine groups is 2. The van der Waals surface area contributed by atoms with Crippen LogP contribution in [0, 0.1) is 10.4 Å². The molecule has 0 amide bonds. The zero-order chi connectivity index (χ0) is 14.4. The molecule has 2 aromatic rings. The second kappa shape index (κ2) is 6.83. The monoisotopic (exact) mass is 275 g/mol. The molecule has 0 fully saturated rings. The van der Waals surface area contributed by atoms with E-state index in [2.05, 4.69) is 0 Å². The summed E-state index contributed by atoms with van der Waals surface area (Å²) in [5.74, 6) is 0. The van der Waals surface area contributed by atoms with Crippen molar-refractivity contribution < 1.29 is 14.7 Å². The third kappa shape index (κ3) is 3.91. The molecular formula is C14H17N3O3. The summed E-state index contributed by atoms with van der Waals surface area (Å²) < 4.78 is 1.58. The lowest BCUT2D eigenvalue weighted by atomic mass is 10.2. The summed E-state index contributed by atoms with van der Waals surface area (Å²) in [4.78, 5) is 0. The Balaban J connectivity index is 1.80. The maximum Gasteiger partial charge on any atom is 0.194 e. The van der Waals surface area contributed by atoms with E-state index in [0.29, 0.717) is 37.3 Å². The SMILES string of the molecule is [O-][n+]1ccccc1CCN(O)CCc1cccc[n+]1[O-]. The second-order valence-corrected chi connectivity index (χ2v) is 4.49. The lowest BCUT2D eigenvalue weighted by Crippen LogP contribution is -2.36. The van der Waals surface area contributed by atoms with Crippen LogP contribution >= 0.6 is 0 Å². The minimum atomic E-state index is 0.345. The Morgan fingerprint density at radius 3 is 1.70 bits per heavy atom. The highest BCUT2D eigenvalue weighted by molar-refractivity contribution is 4.99. The number of aromatic nitrogens is 2. The van der Waals surface area contributed by atoms with Gasteiger partial charge < -0.3 is 15.6 Å². The third-order valence-corrected chi connectivity index (χ3v) is 3.06. The quantitative estimate of drug-likeness (QED) is 0.471. The molecule has 2 rings (SSSR count). The summed E-state index contributed by atoms with van der Waals surface area (Å²) >= 11 is 0. The summed E-state index contributed by atoms with van der Waals surface area (Å²) in [5.41, 5.74) is 1.20. The van der Waals surface area contributed by atoms with Gasteiger partial charge in [0.25, 0.3) is 0 Å². The van der Waals surface area contributed by atoms with E-state index in [0.717, 1.165) is 14.5 Å². The van der Waals surface area contributed by atoms with E-state index in [1.165, 1.54) is 12.4 Å². The highest BCUT2D eigenvalue weighted by atomic mass is 16.5. The van der Waals surface area contributed by atoms with Gasteiger partial charge in [0.05, 0.1) is 0 Å². The molecule has 0 atom stereocenters. The van der Waals surface area contributed by atoms with Crippen molar-refractivity contribution >= 4 is 0 Å². The zero-order valence-corrected chi connectivity index (χ0v) is 11.1. The average Bonchev–Trinajstić information content (AvgIpc) is 2.45. The van der Waals surface area contributed by atoms with E-state index < -0.39 is 0 Å². The van der Waals surface area contributed by atoms with Gasteiger partial charge in [-0.2, -0.15) is 14.5 Å². The third-order valence-electron chi connectivity index (χ3n) is 3.06. The number of pyridine rings is 2. The van der Waals surface area contributed by atoms with Gasteiger partial charge in [0.15, 0.2) is 23.8 Å². The van der Waals surface area contributed by atoms with Crippen LogP contribution in [-0.4, -0.2) is 23.4 Å². The minimum Gasteiger partial charge on any atom is -0.619 e. The lowest BCUT2D eigenvalue weighted by molar-refractivity contribution is -0.614. The first kappa shape index (κ1) is 14.2. The van der Waals surface area contributed by atoms with Crippen LogP contribution in [-0.2, 0) is 12.8 Å². The van der Waals surface area contributed by atoms with E-state index in [1.54, 1.807) is 36.4 Å². The minimum absolute atomic E-state index is 0.345. The van der Waals surface area contributed by atoms with Crippen LogP contribution < -0.4 is 9.46 Å². The Morgan fingerprint density at radius 1 is 0.850 bits per heavy atom. The highest BCUT2D eigenvalue weighted by Gasteiger charge is 2.10. The molecule has 0 saturated carbocycles. The van der Waals surface area contributed by atoms with Crippen molar-refractivity contribution in [2.24, 2.45) is 0 Å². The average molecular weight is 275 g/mol. The normalized spacial score (nSPS) is 10.9. The van der Waals surface area contributed by atoms with Crippen LogP contribution in [0.3, 0.4) is 0 Å². The number of rotatable bonds is 6. The maximum absolute atomic E-state index is 11.4. The van der Waals surface area contributed by atoms with Crippen molar-refractivity contribution in [1.82, 2.24) is 5.06 Å². The van der Waals surface area contributed by atoms with Gasteiger partial charge in [0.1, 0.15) is 0 Å². The predicted octanol–water partition coefficient (Wildman–Crippen LogP) is 0.430. The summed E-state index contributed by atoms with van der Waals surface area (Å²) in [5, 5.41) is 33.7. The molecule has 0 aliphatic heterocycles. The van der Waals surface area contributed by atoms with E-state index >= 15 is 0 Å². The van der Waals surface area contributed by atoms with Crippen molar-refractivity contribution in [2.75, 3.05) is 13.1 Å². The molecule has 6 nitrogen and oxygen atoms in total. The molecule has 2 aromatic heterocycles. The molecule has 0 bridgehead atoms. The van der Waals surface area contributed by atoms with Crippen molar-refractivity contribution in [3.05, 3.63) is 70.6 Å². The van der Waals surface area contributed by atoms with E-state index in [-0.39, 0.29) is 0 Å². The first-order valence-corrected chi connectivity index (χ1v) is 6.45. The van der Waals surface area contributed by atoms with E-state index in [9.17, 15) is 15.6 Å². The van der Waals surface area contributed by atoms with Crippen molar-refractivity contribution in [3.8, 4) is 0 Å². The molecule has 2 heterocycles. The Labute approximate surface area is 117 Å². The standard InChI is InChI=1S/C14H17N3O3/c18-15(11-7-13-5-1-3-9-16(13)19)12-8-14-6-2-4-10-17(14)20/h1-6,9-10,18H,7-8,11-12H2. The van der Waals surface area contributed by atoms with Crippen LogP contribution in [0.4, 0.5) is 0 Å². The van der Waals surface area contributed by atoms with Crippen molar-refractivity contribution in [2.45, 2.75) is 12.8 Å². The van der Waals surface area contributed by atoms with Crippen molar-refractivity contribution in [3.63, 3.8) is 0 Å². The molecule has 0 radical (unpaired) electrons. The smallest absolute Gasteiger partial charge is 0.194 e. The lowest BCUT2D eigenvalue weighted by Gasteiger charge is -2.14. The van der Waals surface area contributed by atoms with Crippen LogP contribution in [0.25, 0.3) is 0 Å². The van der Waals surface area contributed by atoms with Crippen LogP contribution in [0.2, 0.25) is 0 Å². The summed E-state index contributed by atoms with van der Waals surface area (Å²) in [6, 6.07) is 10.4. The summed E-state index contributed by atoms with van der Waals surface area (Å²) in [6.45, 7) is 0.690. The van der Waals surface area contributed by atoms with E-state index in [4.69, 9.17) is 0 Å². The van der Waals surface area contributed by atoms with E-state index in [1.807, 2.05) is 0 Å². The Morgan fingerprint density at radius 2 is 1.30 bits per heavy atom. The van der Waals surface area contributed by atoms with Gasteiger partial charge in [-0.15, -0.1) is 0 Å². The van der Waals surface area contributed by atoms with Gasteiger partial charge in [0, 0.05) is 50.2 Å². The molecule has 106 valence electrons. The zero-order valence-electron chi connectivity index (χ0n) is 11.1. The van der Waals surface area contributed by atoms with Gasteiger partial charge in [-0.3, -0.25) is 0 Å². The molecule has 0 aliphatic rings. The van der Waals surface area contributed by atoms with Crippen LogP contribution in [0.15, 0.2) is 48.8 Å².